The number of nitrogens with zero attached hydrogens (tertiary/aromatic N) is 3. The van der Waals surface area contributed by atoms with E-state index < -0.39 is 0 Å². The molecule has 1 aromatic carbocycles. The quantitative estimate of drug-likeness (QED) is 0.800. The molecule has 0 atom stereocenters. The lowest BCUT2D eigenvalue weighted by atomic mass is 10.2. The van der Waals surface area contributed by atoms with Crippen LogP contribution < -0.4 is 4.90 Å². The lowest BCUT2D eigenvalue weighted by Crippen LogP contribution is -2.27. The van der Waals surface area contributed by atoms with Gasteiger partial charge in [-0.1, -0.05) is 0 Å². The van der Waals surface area contributed by atoms with Crippen LogP contribution in [0, 0.1) is 0 Å². The molecule has 0 radical (unpaired) electrons. The first kappa shape index (κ1) is 11.0. The summed E-state index contributed by atoms with van der Waals surface area (Å²) < 4.78 is 1.94. The van der Waals surface area contributed by atoms with Crippen molar-refractivity contribution in [2.75, 3.05) is 17.7 Å². The summed E-state index contributed by atoms with van der Waals surface area (Å²) in [6.07, 6.45) is 1.76. The van der Waals surface area contributed by atoms with Gasteiger partial charge in [-0.25, -0.2) is 4.98 Å². The van der Waals surface area contributed by atoms with E-state index >= 15 is 0 Å². The van der Waals surface area contributed by atoms with E-state index in [-0.39, 0.29) is 11.7 Å². The van der Waals surface area contributed by atoms with Crippen molar-refractivity contribution >= 4 is 35.3 Å². The van der Waals surface area contributed by atoms with Gasteiger partial charge in [-0.3, -0.25) is 4.79 Å². The minimum absolute atomic E-state index is 0.0291. The first-order valence-corrected chi connectivity index (χ1v) is 5.55. The number of hydrogen-bond acceptors (Lipinski definition) is 3. The molecule has 84 valence electrons. The Hall–Kier alpha value is -1.49. The molecule has 16 heavy (non-hydrogen) atoms. The maximum absolute atomic E-state index is 11.5. The monoisotopic (exact) mass is 235 g/mol. The summed E-state index contributed by atoms with van der Waals surface area (Å²) >= 11 is 3.97. The van der Waals surface area contributed by atoms with E-state index in [4.69, 9.17) is 0 Å². The molecule has 0 aliphatic carbocycles. The Labute approximate surface area is 99.3 Å². The number of imidazole rings is 1. The van der Waals surface area contributed by atoms with Crippen molar-refractivity contribution in [1.82, 2.24) is 9.55 Å². The van der Waals surface area contributed by atoms with Gasteiger partial charge in [0.15, 0.2) is 0 Å². The van der Waals surface area contributed by atoms with Gasteiger partial charge in [0.1, 0.15) is 0 Å². The van der Waals surface area contributed by atoms with Gasteiger partial charge in [0, 0.05) is 19.8 Å². The predicted molar refractivity (Wildman–Crippen MR) is 68.0 cm³/mol. The van der Waals surface area contributed by atoms with Gasteiger partial charge in [0.05, 0.1) is 23.1 Å². The molecule has 2 aromatic rings. The van der Waals surface area contributed by atoms with Crippen molar-refractivity contribution in [2.24, 2.45) is 7.05 Å². The van der Waals surface area contributed by atoms with Gasteiger partial charge in [-0.15, -0.1) is 0 Å². The van der Waals surface area contributed by atoms with Gasteiger partial charge >= 0.3 is 0 Å². The molecule has 0 aliphatic heterocycles. The number of fused-ring (bicyclic) bond motifs is 1. The molecule has 1 heterocycles. The van der Waals surface area contributed by atoms with Gasteiger partial charge in [0.25, 0.3) is 0 Å². The smallest absolute Gasteiger partial charge is 0.236 e. The molecule has 0 aliphatic rings. The first-order valence-electron chi connectivity index (χ1n) is 4.92. The Morgan fingerprint density at radius 2 is 2.31 bits per heavy atom. The van der Waals surface area contributed by atoms with E-state index in [9.17, 15) is 4.79 Å². The number of aromatic nitrogens is 2. The molecule has 2 rings (SSSR count). The maximum Gasteiger partial charge on any atom is 0.236 e. The van der Waals surface area contributed by atoms with Crippen LogP contribution in [0.4, 0.5) is 5.69 Å². The number of carbonyl (C=O) groups is 1. The number of rotatable bonds is 2. The highest BCUT2D eigenvalue weighted by molar-refractivity contribution is 7.81. The number of anilines is 1. The number of benzene rings is 1. The van der Waals surface area contributed by atoms with E-state index in [2.05, 4.69) is 17.6 Å². The SMILES string of the molecule is CN(C(=O)CS)c1ccc2c(c1)ncn2C. The van der Waals surface area contributed by atoms with E-state index in [0.29, 0.717) is 0 Å². The molecule has 0 unspecified atom stereocenters. The van der Waals surface area contributed by atoms with E-state index in [1.54, 1.807) is 18.3 Å². The van der Waals surface area contributed by atoms with Crippen molar-refractivity contribution in [3.05, 3.63) is 24.5 Å². The Morgan fingerprint density at radius 3 is 3.00 bits per heavy atom. The van der Waals surface area contributed by atoms with Gasteiger partial charge in [0.2, 0.25) is 5.91 Å². The summed E-state index contributed by atoms with van der Waals surface area (Å²) in [5.41, 5.74) is 2.78. The Bertz CT molecular complexity index is 535. The van der Waals surface area contributed by atoms with Crippen LogP contribution in [-0.4, -0.2) is 28.3 Å². The van der Waals surface area contributed by atoms with Crippen LogP contribution in [0.15, 0.2) is 24.5 Å². The summed E-state index contributed by atoms with van der Waals surface area (Å²) in [6, 6.07) is 5.77. The van der Waals surface area contributed by atoms with Gasteiger partial charge < -0.3 is 9.47 Å². The summed E-state index contributed by atoms with van der Waals surface area (Å²) in [5.74, 6) is 0.176. The predicted octanol–water partition coefficient (Wildman–Crippen LogP) is 1.47. The minimum Gasteiger partial charge on any atom is -0.334 e. The lowest BCUT2D eigenvalue weighted by Gasteiger charge is -2.15. The van der Waals surface area contributed by atoms with Crippen LogP contribution in [0.2, 0.25) is 0 Å². The zero-order valence-electron chi connectivity index (χ0n) is 9.21. The normalized spacial score (nSPS) is 10.7. The van der Waals surface area contributed by atoms with Gasteiger partial charge in [-0.05, 0) is 18.2 Å². The molecular weight excluding hydrogens is 222 g/mol. The van der Waals surface area contributed by atoms with Crippen LogP contribution in [0.3, 0.4) is 0 Å². The first-order chi connectivity index (χ1) is 7.63. The van der Waals surface area contributed by atoms with Crippen molar-refractivity contribution in [3.63, 3.8) is 0 Å². The molecule has 1 aromatic heterocycles. The third-order valence-electron chi connectivity index (χ3n) is 2.61. The number of thiol groups is 1. The van der Waals surface area contributed by atoms with Crippen LogP contribution >= 0.6 is 12.6 Å². The number of hydrogen-bond donors (Lipinski definition) is 1. The number of amides is 1. The van der Waals surface area contributed by atoms with Crippen LogP contribution in [0.5, 0.6) is 0 Å². The fourth-order valence-corrected chi connectivity index (χ4v) is 1.80. The second-order valence-corrected chi connectivity index (χ2v) is 3.96. The summed E-state index contributed by atoms with van der Waals surface area (Å²) in [4.78, 5) is 17.3. The van der Waals surface area contributed by atoms with E-state index in [0.717, 1.165) is 16.7 Å². The second kappa shape index (κ2) is 4.17. The zero-order chi connectivity index (χ0) is 11.7. The fraction of sp³-hybridized carbons (Fsp3) is 0.273. The van der Waals surface area contributed by atoms with E-state index in [1.165, 1.54) is 0 Å². The Morgan fingerprint density at radius 1 is 1.56 bits per heavy atom. The van der Waals surface area contributed by atoms with Gasteiger partial charge in [-0.2, -0.15) is 12.6 Å². The van der Waals surface area contributed by atoms with Crippen LogP contribution in [0.1, 0.15) is 0 Å². The highest BCUT2D eigenvalue weighted by Gasteiger charge is 2.10. The maximum atomic E-state index is 11.5. The minimum atomic E-state index is -0.0291. The lowest BCUT2D eigenvalue weighted by molar-refractivity contribution is -0.115. The molecule has 1 amide bonds. The van der Waals surface area contributed by atoms with E-state index in [1.807, 2.05) is 29.8 Å². The molecular formula is C11H13N3OS. The standard InChI is InChI=1S/C11H13N3OS/c1-13-7-12-9-5-8(3-4-10(9)13)14(2)11(15)6-16/h3-5,7,16H,6H2,1-2H3. The third-order valence-corrected chi connectivity index (χ3v) is 2.88. The van der Waals surface area contributed by atoms with Crippen molar-refractivity contribution < 1.29 is 4.79 Å². The Balaban J connectivity index is 2.43. The Kier molecular flexibility index (Phi) is 2.87. The molecule has 0 fully saturated rings. The van der Waals surface area contributed by atoms with Crippen LogP contribution in [-0.2, 0) is 11.8 Å². The molecule has 0 spiro atoms. The average molecular weight is 235 g/mol. The second-order valence-electron chi connectivity index (χ2n) is 3.64. The molecule has 0 N–H and O–H groups in total. The fourth-order valence-electron chi connectivity index (χ4n) is 1.58. The highest BCUT2D eigenvalue weighted by Crippen LogP contribution is 2.20. The van der Waals surface area contributed by atoms with Crippen LogP contribution in [0.25, 0.3) is 11.0 Å². The zero-order valence-corrected chi connectivity index (χ0v) is 10.1. The molecule has 0 bridgehead atoms. The molecule has 5 heteroatoms. The topological polar surface area (TPSA) is 38.1 Å². The summed E-state index contributed by atoms with van der Waals surface area (Å²) in [5, 5.41) is 0. The number of carbonyl (C=O) groups excluding carboxylic acids is 1. The molecule has 0 saturated heterocycles. The molecule has 4 nitrogen and oxygen atoms in total. The third kappa shape index (κ3) is 1.78. The highest BCUT2D eigenvalue weighted by atomic mass is 32.1. The van der Waals surface area contributed by atoms with Crippen molar-refractivity contribution in [1.29, 1.82) is 0 Å². The number of aryl methyl sites for hydroxylation is 1. The summed E-state index contributed by atoms with van der Waals surface area (Å²) in [6.45, 7) is 0. The van der Waals surface area contributed by atoms with Crippen molar-refractivity contribution in [2.45, 2.75) is 0 Å². The average Bonchev–Trinajstić information content (AvgIpc) is 2.68. The van der Waals surface area contributed by atoms with Crippen molar-refractivity contribution in [3.8, 4) is 0 Å². The summed E-state index contributed by atoms with van der Waals surface area (Å²) in [7, 11) is 3.68. The molecule has 0 saturated carbocycles. The largest absolute Gasteiger partial charge is 0.334 e.